The van der Waals surface area contributed by atoms with Gasteiger partial charge in [-0.3, -0.25) is 4.79 Å². The van der Waals surface area contributed by atoms with Crippen LogP contribution in [0.4, 0.5) is 0 Å². The second-order valence-electron chi connectivity index (χ2n) is 7.28. The predicted octanol–water partition coefficient (Wildman–Crippen LogP) is 5.48. The Morgan fingerprint density at radius 1 is 1.10 bits per heavy atom. The minimum atomic E-state index is -0.230. The molecule has 150 valence electrons. The van der Waals surface area contributed by atoms with E-state index in [9.17, 15) is 4.79 Å². The van der Waals surface area contributed by atoms with Crippen molar-refractivity contribution < 1.29 is 4.79 Å². The standard InChI is InChI=1S/C24H20ClN3OS/c25-19-9-3-1-8-18(19)24-23-17(16-7-2-4-10-20(16)27-23)12-14-28(24)22(29)15-30-21-11-5-6-13-26-21/h1-11,13,24,27H,12,14-15H2. The van der Waals surface area contributed by atoms with Gasteiger partial charge in [0.15, 0.2) is 0 Å². The van der Waals surface area contributed by atoms with Crippen molar-refractivity contribution in [1.29, 1.82) is 0 Å². The third-order valence-electron chi connectivity index (χ3n) is 5.54. The Hall–Kier alpha value is -2.76. The minimum Gasteiger partial charge on any atom is -0.356 e. The number of aromatic nitrogens is 2. The zero-order valence-corrected chi connectivity index (χ0v) is 17.8. The van der Waals surface area contributed by atoms with Gasteiger partial charge in [0.2, 0.25) is 5.91 Å². The van der Waals surface area contributed by atoms with Gasteiger partial charge in [0.1, 0.15) is 0 Å². The van der Waals surface area contributed by atoms with Gasteiger partial charge in [-0.05, 0) is 41.8 Å². The molecule has 0 aliphatic carbocycles. The van der Waals surface area contributed by atoms with E-state index in [1.807, 2.05) is 53.4 Å². The number of aromatic amines is 1. The molecule has 4 nitrogen and oxygen atoms in total. The van der Waals surface area contributed by atoms with Crippen LogP contribution in [-0.2, 0) is 11.2 Å². The fourth-order valence-electron chi connectivity index (χ4n) is 4.18. The Morgan fingerprint density at radius 2 is 1.90 bits per heavy atom. The number of halogens is 1. The fourth-order valence-corrected chi connectivity index (χ4v) is 5.17. The molecule has 0 radical (unpaired) electrons. The molecular weight excluding hydrogens is 414 g/mol. The number of hydrogen-bond acceptors (Lipinski definition) is 3. The van der Waals surface area contributed by atoms with Crippen molar-refractivity contribution in [2.45, 2.75) is 17.5 Å². The van der Waals surface area contributed by atoms with Crippen LogP contribution in [0.15, 0.2) is 78.0 Å². The quantitative estimate of drug-likeness (QED) is 0.433. The first-order valence-electron chi connectivity index (χ1n) is 9.89. The average Bonchev–Trinajstić information content (AvgIpc) is 3.17. The lowest BCUT2D eigenvalue weighted by molar-refractivity contribution is -0.130. The Labute approximate surface area is 184 Å². The third kappa shape index (κ3) is 3.48. The van der Waals surface area contributed by atoms with Gasteiger partial charge in [-0.1, -0.05) is 65.8 Å². The monoisotopic (exact) mass is 433 g/mol. The van der Waals surface area contributed by atoms with Gasteiger partial charge >= 0.3 is 0 Å². The SMILES string of the molecule is O=C(CSc1ccccn1)N1CCc2c([nH]c3ccccc23)C1c1ccccc1Cl. The Morgan fingerprint density at radius 3 is 2.73 bits per heavy atom. The number of fused-ring (bicyclic) bond motifs is 3. The first-order chi connectivity index (χ1) is 14.7. The maximum atomic E-state index is 13.3. The molecule has 3 heterocycles. The summed E-state index contributed by atoms with van der Waals surface area (Å²) < 4.78 is 0. The molecular formula is C24H20ClN3OS. The van der Waals surface area contributed by atoms with Crippen LogP contribution >= 0.6 is 23.4 Å². The molecule has 4 aromatic rings. The molecule has 30 heavy (non-hydrogen) atoms. The molecule has 0 bridgehead atoms. The number of nitrogens with zero attached hydrogens (tertiary/aromatic N) is 2. The van der Waals surface area contributed by atoms with E-state index in [0.717, 1.165) is 28.2 Å². The number of benzene rings is 2. The molecule has 0 saturated heterocycles. The van der Waals surface area contributed by atoms with Gasteiger partial charge in [-0.15, -0.1) is 0 Å². The summed E-state index contributed by atoms with van der Waals surface area (Å²) in [6.07, 6.45) is 2.57. The number of amides is 1. The van der Waals surface area contributed by atoms with E-state index in [2.05, 4.69) is 28.2 Å². The summed E-state index contributed by atoms with van der Waals surface area (Å²) in [5.74, 6) is 0.424. The summed E-state index contributed by atoms with van der Waals surface area (Å²) >= 11 is 8.06. The normalized spacial score (nSPS) is 15.9. The summed E-state index contributed by atoms with van der Waals surface area (Å²) in [5.41, 5.74) is 4.38. The molecule has 1 aliphatic heterocycles. The molecule has 2 aromatic heterocycles. The van der Waals surface area contributed by atoms with Crippen LogP contribution in [0.5, 0.6) is 0 Å². The van der Waals surface area contributed by atoms with Crippen LogP contribution in [0.2, 0.25) is 5.02 Å². The summed E-state index contributed by atoms with van der Waals surface area (Å²) in [6.45, 7) is 0.659. The average molecular weight is 434 g/mol. The van der Waals surface area contributed by atoms with Crippen LogP contribution in [0.1, 0.15) is 22.9 Å². The molecule has 0 saturated carbocycles. The molecule has 1 N–H and O–H groups in total. The molecule has 1 aliphatic rings. The second kappa shape index (κ2) is 8.17. The van der Waals surface area contributed by atoms with Crippen molar-refractivity contribution in [3.63, 3.8) is 0 Å². The predicted molar refractivity (Wildman–Crippen MR) is 122 cm³/mol. The Balaban J connectivity index is 1.53. The van der Waals surface area contributed by atoms with Crippen molar-refractivity contribution in [2.24, 2.45) is 0 Å². The van der Waals surface area contributed by atoms with Crippen molar-refractivity contribution in [3.05, 3.63) is 94.8 Å². The van der Waals surface area contributed by atoms with Crippen LogP contribution in [0.25, 0.3) is 10.9 Å². The number of rotatable bonds is 4. The molecule has 2 aromatic carbocycles. The highest BCUT2D eigenvalue weighted by molar-refractivity contribution is 7.99. The number of para-hydroxylation sites is 1. The smallest absolute Gasteiger partial charge is 0.233 e. The van der Waals surface area contributed by atoms with Gasteiger partial charge in [-0.2, -0.15) is 0 Å². The van der Waals surface area contributed by atoms with Crippen molar-refractivity contribution in [3.8, 4) is 0 Å². The molecule has 0 spiro atoms. The summed E-state index contributed by atoms with van der Waals surface area (Å²) in [7, 11) is 0. The number of hydrogen-bond donors (Lipinski definition) is 1. The maximum absolute atomic E-state index is 13.3. The van der Waals surface area contributed by atoms with Crippen molar-refractivity contribution >= 4 is 40.2 Å². The minimum absolute atomic E-state index is 0.0832. The number of nitrogens with one attached hydrogen (secondary N) is 1. The molecule has 1 unspecified atom stereocenters. The molecule has 1 amide bonds. The Bertz CT molecular complexity index is 1210. The highest BCUT2D eigenvalue weighted by Crippen LogP contribution is 2.40. The fraction of sp³-hybridized carbons (Fsp3) is 0.167. The van der Waals surface area contributed by atoms with Gasteiger partial charge in [0.05, 0.1) is 16.8 Å². The van der Waals surface area contributed by atoms with Crippen LogP contribution in [0, 0.1) is 0 Å². The first-order valence-corrected chi connectivity index (χ1v) is 11.3. The second-order valence-corrected chi connectivity index (χ2v) is 8.68. The first kappa shape index (κ1) is 19.2. The van der Waals surface area contributed by atoms with Crippen molar-refractivity contribution in [2.75, 3.05) is 12.3 Å². The summed E-state index contributed by atoms with van der Waals surface area (Å²) in [4.78, 5) is 23.2. The number of carbonyl (C=O) groups is 1. The van der Waals surface area contributed by atoms with E-state index < -0.39 is 0 Å². The number of carbonyl (C=O) groups excluding carboxylic acids is 1. The maximum Gasteiger partial charge on any atom is 0.233 e. The van der Waals surface area contributed by atoms with Gasteiger partial charge in [0, 0.05) is 34.4 Å². The van der Waals surface area contributed by atoms with Gasteiger partial charge in [-0.25, -0.2) is 4.98 Å². The lowest BCUT2D eigenvalue weighted by atomic mass is 9.92. The van der Waals surface area contributed by atoms with E-state index in [4.69, 9.17) is 11.6 Å². The lowest BCUT2D eigenvalue weighted by Gasteiger charge is -2.36. The largest absolute Gasteiger partial charge is 0.356 e. The van der Waals surface area contributed by atoms with Crippen LogP contribution < -0.4 is 0 Å². The Kier molecular flexibility index (Phi) is 5.23. The number of pyridine rings is 1. The molecule has 1 atom stereocenters. The lowest BCUT2D eigenvalue weighted by Crippen LogP contribution is -2.41. The van der Waals surface area contributed by atoms with Gasteiger partial charge in [0.25, 0.3) is 0 Å². The highest BCUT2D eigenvalue weighted by atomic mass is 35.5. The van der Waals surface area contributed by atoms with E-state index >= 15 is 0 Å². The van der Waals surface area contributed by atoms with E-state index in [1.165, 1.54) is 22.7 Å². The molecule has 5 rings (SSSR count). The van der Waals surface area contributed by atoms with E-state index in [-0.39, 0.29) is 11.9 Å². The molecule has 0 fully saturated rings. The summed E-state index contributed by atoms with van der Waals surface area (Å²) in [6, 6.07) is 21.6. The van der Waals surface area contributed by atoms with E-state index in [0.29, 0.717) is 17.3 Å². The number of H-pyrrole nitrogens is 1. The van der Waals surface area contributed by atoms with Crippen LogP contribution in [0.3, 0.4) is 0 Å². The van der Waals surface area contributed by atoms with Crippen molar-refractivity contribution in [1.82, 2.24) is 14.9 Å². The topological polar surface area (TPSA) is 49.0 Å². The number of thioether (sulfide) groups is 1. The highest BCUT2D eigenvalue weighted by Gasteiger charge is 2.35. The molecule has 6 heteroatoms. The van der Waals surface area contributed by atoms with E-state index in [1.54, 1.807) is 6.20 Å². The van der Waals surface area contributed by atoms with Crippen LogP contribution in [-0.4, -0.2) is 33.1 Å². The zero-order chi connectivity index (χ0) is 20.5. The zero-order valence-electron chi connectivity index (χ0n) is 16.2. The third-order valence-corrected chi connectivity index (χ3v) is 6.81. The summed E-state index contributed by atoms with van der Waals surface area (Å²) in [5, 5.41) is 2.74. The van der Waals surface area contributed by atoms with Gasteiger partial charge < -0.3 is 9.88 Å².